The summed E-state index contributed by atoms with van der Waals surface area (Å²) in [6, 6.07) is -3.33. The van der Waals surface area contributed by atoms with E-state index in [1.807, 2.05) is 0 Å². The Hall–Kier alpha value is -6.87. The number of unbranched alkanes of at least 4 members (excludes halogenated alkanes) is 3. The Labute approximate surface area is 686 Å². The molecule has 0 radical (unpaired) electrons. The van der Waals surface area contributed by atoms with E-state index in [0.717, 1.165) is 0 Å². The van der Waals surface area contributed by atoms with E-state index in [4.69, 9.17) is 67.1 Å². The minimum Gasteiger partial charge on any atom is -0.394 e. The zero-order valence-corrected chi connectivity index (χ0v) is 68.1. The molecule has 3 rings (SSSR count). The quantitative estimate of drug-likeness (QED) is 0.0117. The van der Waals surface area contributed by atoms with Gasteiger partial charge in [0.25, 0.3) is 0 Å². The van der Waals surface area contributed by atoms with E-state index in [1.54, 1.807) is 0 Å². The second-order valence-corrected chi connectivity index (χ2v) is 28.4. The summed E-state index contributed by atoms with van der Waals surface area (Å²) in [5, 5.41) is 122. The number of aliphatic hydroxyl groups excluding tert-OH is 8. The molecule has 3 saturated heterocycles. The van der Waals surface area contributed by atoms with Crippen molar-refractivity contribution in [2.24, 2.45) is 5.11 Å². The molecule has 3 aliphatic heterocycles. The molecule has 0 saturated carbocycles. The standard InChI is InChI=1S/C73H131N13O32/c1-49(91)82-62-66(103)64(101)53(43-88)117-69(62)113-27-7-4-13-55(94)75-20-10-23-78-58(97)16-31-110-46-72(85-61(100)19-30-106-35-37-108-39-40-109-38-36-107-34-26-81-86-74,47-111-32-17-59(98)79-24-11-21-76-56(95)14-5-8-28-114-70-63(83-50(2)92)67(104)65(102)54(44-89)118-70)48-112-33-18-60(99)80-25-12-22-77-57(96)15-6-9-29-115-71-68(84-51(3)93)73(105,45-90)41-52(42-87)116-71/h52-54,62-71,87-90,101-105H,4-48H2,1-3H3,(H,75,94)(H,76,95)(H,77,96)(H,78,97)(H,79,98)(H,80,99)(H,82,91)(H,83,92)(H,84,93)(H,85,100)/t52?,53?,54?,62?,63?,64-,65-,66?,67?,68?,69?,70?,71?,72?,73?/m0/s1. The Morgan fingerprint density at radius 2 is 0.746 bits per heavy atom. The van der Waals surface area contributed by atoms with Crippen LogP contribution in [0.3, 0.4) is 0 Å². The smallest absolute Gasteiger partial charge is 0.222 e. The summed E-state index contributed by atoms with van der Waals surface area (Å²) in [6.45, 7) is 3.16. The summed E-state index contributed by atoms with van der Waals surface area (Å²) in [6.07, 6.45) is -9.45. The van der Waals surface area contributed by atoms with E-state index in [2.05, 4.69) is 63.2 Å². The summed E-state index contributed by atoms with van der Waals surface area (Å²) in [7, 11) is 0. The van der Waals surface area contributed by atoms with Crippen LogP contribution in [0.5, 0.6) is 0 Å². The number of rotatable bonds is 68. The van der Waals surface area contributed by atoms with Gasteiger partial charge in [-0.15, -0.1) is 0 Å². The topological polar surface area (TPSA) is 642 Å². The van der Waals surface area contributed by atoms with Crippen LogP contribution in [-0.2, 0) is 110 Å². The van der Waals surface area contributed by atoms with Gasteiger partial charge in [-0.25, -0.2) is 0 Å². The van der Waals surface area contributed by atoms with E-state index in [9.17, 15) is 93.9 Å². The molecule has 0 aromatic carbocycles. The van der Waals surface area contributed by atoms with Crippen molar-refractivity contribution < 1.29 is 155 Å². The van der Waals surface area contributed by atoms with Gasteiger partial charge in [-0.1, -0.05) is 5.11 Å². The number of nitrogens with zero attached hydrogens (tertiary/aromatic N) is 3. The molecule has 12 unspecified atom stereocenters. The van der Waals surface area contributed by atoms with Gasteiger partial charge in [-0.3, -0.25) is 47.9 Å². The number of carbonyl (C=O) groups excluding carboxylic acids is 10. The molecule has 19 N–H and O–H groups in total. The highest BCUT2D eigenvalue weighted by Crippen LogP contribution is 2.31. The lowest BCUT2D eigenvalue weighted by Gasteiger charge is -2.46. The molecule has 3 aliphatic rings. The number of azide groups is 1. The maximum Gasteiger partial charge on any atom is 0.222 e. The average Bonchev–Trinajstić information content (AvgIpc) is 0.789. The SMILES string of the molecule is CC(=O)NC1C(OCCCCC(=O)NCCCNC(=O)CCOCC(COCCC(=O)NCCCNC(=O)CCCCOC2OC(CO)[C@H](O)C(O)C2NC(C)=O)(COCCC(=O)NCCCNC(=O)CCCCOC2OC(CO)CC(O)(CO)C2NC(C)=O)NC(=O)CCOCCOCCOCCOCCN=[N+]=[N-])OC(CO)[C@H](O)C1O. The lowest BCUT2D eigenvalue weighted by molar-refractivity contribution is -0.270. The molecule has 45 nitrogen and oxygen atoms in total. The molecule has 0 spiro atoms. The van der Waals surface area contributed by atoms with Crippen LogP contribution in [0.4, 0.5) is 0 Å². The predicted molar refractivity (Wildman–Crippen MR) is 411 cm³/mol. The molecule has 0 aliphatic carbocycles. The van der Waals surface area contributed by atoms with Crippen molar-refractivity contribution in [1.29, 1.82) is 0 Å². The Balaban J connectivity index is 1.57. The first-order valence-corrected chi connectivity index (χ1v) is 40.2. The van der Waals surface area contributed by atoms with Crippen LogP contribution >= 0.6 is 0 Å². The molecule has 118 heavy (non-hydrogen) atoms. The summed E-state index contributed by atoms with van der Waals surface area (Å²) in [5.41, 5.74) is 5.06. The van der Waals surface area contributed by atoms with Gasteiger partial charge in [-0.2, -0.15) is 0 Å². The second kappa shape index (κ2) is 63.1. The van der Waals surface area contributed by atoms with Gasteiger partial charge in [0.15, 0.2) is 18.9 Å². The van der Waals surface area contributed by atoms with Crippen LogP contribution in [0.15, 0.2) is 5.11 Å². The number of amides is 10. The largest absolute Gasteiger partial charge is 0.394 e. The molecule has 0 aromatic rings. The van der Waals surface area contributed by atoms with Crippen LogP contribution < -0.4 is 53.2 Å². The molecule has 0 aromatic heterocycles. The molecular formula is C73H131N13O32. The Kier molecular flexibility index (Phi) is 56.3. The molecule has 14 atom stereocenters. The van der Waals surface area contributed by atoms with E-state index >= 15 is 0 Å². The van der Waals surface area contributed by atoms with Crippen molar-refractivity contribution in [1.82, 2.24) is 53.2 Å². The van der Waals surface area contributed by atoms with E-state index in [0.29, 0.717) is 71.0 Å². The lowest BCUT2D eigenvalue weighted by atomic mass is 9.85. The van der Waals surface area contributed by atoms with Crippen molar-refractivity contribution in [2.75, 3.05) is 185 Å². The van der Waals surface area contributed by atoms with Gasteiger partial charge < -0.3 is 161 Å². The van der Waals surface area contributed by atoms with Crippen molar-refractivity contribution in [3.63, 3.8) is 0 Å². The molecular weight excluding hydrogens is 1570 g/mol. The summed E-state index contributed by atoms with van der Waals surface area (Å²) >= 11 is 0. The number of aliphatic hydroxyl groups is 9. The number of nitrogens with one attached hydrogen (secondary N) is 10. The maximum atomic E-state index is 13.9. The zero-order valence-electron chi connectivity index (χ0n) is 68.1. The average molecular weight is 1700 g/mol. The first-order valence-electron chi connectivity index (χ1n) is 40.2. The van der Waals surface area contributed by atoms with Gasteiger partial charge in [0.05, 0.1) is 125 Å². The molecule has 3 heterocycles. The maximum absolute atomic E-state index is 13.9. The predicted octanol–water partition coefficient (Wildman–Crippen LogP) is -6.52. The van der Waals surface area contributed by atoms with Crippen molar-refractivity contribution in [3.05, 3.63) is 10.4 Å². The van der Waals surface area contributed by atoms with E-state index in [-0.39, 0.29) is 214 Å². The zero-order chi connectivity index (χ0) is 86.8. The molecule has 45 heteroatoms. The Morgan fingerprint density at radius 1 is 0.407 bits per heavy atom. The van der Waals surface area contributed by atoms with Crippen LogP contribution in [0.25, 0.3) is 10.4 Å². The van der Waals surface area contributed by atoms with E-state index in [1.165, 1.54) is 20.8 Å². The van der Waals surface area contributed by atoms with Crippen molar-refractivity contribution in [3.8, 4) is 0 Å². The third-order valence-electron chi connectivity index (χ3n) is 18.3. The van der Waals surface area contributed by atoms with Gasteiger partial charge in [-0.05, 0) is 63.3 Å². The van der Waals surface area contributed by atoms with Gasteiger partial charge in [0.1, 0.15) is 65.9 Å². The second-order valence-electron chi connectivity index (χ2n) is 28.4. The molecule has 680 valence electrons. The van der Waals surface area contributed by atoms with Crippen molar-refractivity contribution in [2.45, 2.75) is 221 Å². The molecule has 3 fully saturated rings. The minimum atomic E-state index is -1.81. The third-order valence-corrected chi connectivity index (χ3v) is 18.3. The van der Waals surface area contributed by atoms with Crippen LogP contribution in [-0.4, -0.2) is 380 Å². The van der Waals surface area contributed by atoms with Crippen LogP contribution in [0, 0.1) is 0 Å². The molecule has 0 bridgehead atoms. The number of hydrogen-bond acceptors (Lipinski definition) is 33. The Bertz CT molecular complexity index is 2820. The number of carbonyl (C=O) groups is 10. The summed E-state index contributed by atoms with van der Waals surface area (Å²) < 4.78 is 74.2. The molecule has 10 amide bonds. The monoisotopic (exact) mass is 1700 g/mol. The summed E-state index contributed by atoms with van der Waals surface area (Å²) in [5.74, 6) is -4.02. The van der Waals surface area contributed by atoms with Gasteiger partial charge >= 0.3 is 0 Å². The third kappa shape index (κ3) is 45.7. The minimum absolute atomic E-state index is 0.0502. The number of hydrogen-bond donors (Lipinski definition) is 19. The van der Waals surface area contributed by atoms with Crippen molar-refractivity contribution >= 4 is 59.1 Å². The first-order chi connectivity index (χ1) is 56.7. The Morgan fingerprint density at radius 3 is 1.09 bits per heavy atom. The highest BCUT2D eigenvalue weighted by molar-refractivity contribution is 5.79. The fourth-order valence-electron chi connectivity index (χ4n) is 12.0. The highest BCUT2D eigenvalue weighted by atomic mass is 16.7. The van der Waals surface area contributed by atoms with Crippen LogP contribution in [0.2, 0.25) is 0 Å². The van der Waals surface area contributed by atoms with Gasteiger partial charge in [0, 0.05) is 143 Å². The normalized spacial score (nSPS) is 23.4. The summed E-state index contributed by atoms with van der Waals surface area (Å²) in [4.78, 5) is 129. The highest BCUT2D eigenvalue weighted by Gasteiger charge is 2.50. The first kappa shape index (κ1) is 105. The van der Waals surface area contributed by atoms with Crippen LogP contribution in [0.1, 0.15) is 130 Å². The van der Waals surface area contributed by atoms with E-state index < -0.39 is 159 Å². The lowest BCUT2D eigenvalue weighted by Crippen LogP contribution is -2.66. The fraction of sp³-hybridized carbons (Fsp3) is 0.863. The van der Waals surface area contributed by atoms with Gasteiger partial charge in [0.2, 0.25) is 59.1 Å². The fourth-order valence-corrected chi connectivity index (χ4v) is 12.0. The number of ether oxygens (including phenoxy) is 13.